The average molecular weight is 235 g/mol. The summed E-state index contributed by atoms with van der Waals surface area (Å²) in [5.41, 5.74) is 3.92. The normalized spacial score (nSPS) is 10.8. The quantitative estimate of drug-likeness (QED) is 0.649. The number of benzene rings is 1. The lowest BCUT2D eigenvalue weighted by atomic mass is 10.1. The van der Waals surface area contributed by atoms with Crippen molar-refractivity contribution in [3.05, 3.63) is 54.2 Å². The van der Waals surface area contributed by atoms with Crippen molar-refractivity contribution < 1.29 is 0 Å². The molecule has 0 atom stereocenters. The molecular weight excluding hydrogens is 222 g/mol. The van der Waals surface area contributed by atoms with Crippen molar-refractivity contribution in [1.29, 1.82) is 0 Å². The summed E-state index contributed by atoms with van der Waals surface area (Å²) in [5, 5.41) is 2.33. The first kappa shape index (κ1) is 10.8. The monoisotopic (exact) mass is 235 g/mol. The molecule has 0 bridgehead atoms. The largest absolute Gasteiger partial charge is 0.261 e. The van der Waals surface area contributed by atoms with E-state index in [2.05, 4.69) is 39.2 Å². The van der Waals surface area contributed by atoms with Gasteiger partial charge in [0, 0.05) is 29.0 Å². The van der Waals surface area contributed by atoms with Crippen molar-refractivity contribution in [2.75, 3.05) is 0 Å². The molecule has 0 aliphatic rings. The lowest BCUT2D eigenvalue weighted by Gasteiger charge is -2.04. The predicted octanol–water partition coefficient (Wildman–Crippen LogP) is 3.31. The van der Waals surface area contributed by atoms with E-state index in [1.54, 1.807) is 12.4 Å². The molecule has 1 aromatic carbocycles. The molecule has 88 valence electrons. The Morgan fingerprint density at radius 2 is 1.56 bits per heavy atom. The van der Waals surface area contributed by atoms with Crippen molar-refractivity contribution in [3.8, 4) is 11.3 Å². The summed E-state index contributed by atoms with van der Waals surface area (Å²) < 4.78 is 0. The Morgan fingerprint density at radius 1 is 0.722 bits per heavy atom. The van der Waals surface area contributed by atoms with Crippen LogP contribution in [0.3, 0.4) is 0 Å². The van der Waals surface area contributed by atoms with Gasteiger partial charge in [-0.15, -0.1) is 0 Å². The van der Waals surface area contributed by atoms with Gasteiger partial charge in [-0.05, 0) is 31.4 Å². The highest BCUT2D eigenvalue weighted by atomic mass is 14.8. The molecule has 3 nitrogen and oxygen atoms in total. The molecule has 0 spiro atoms. The molecule has 3 aromatic rings. The van der Waals surface area contributed by atoms with Crippen LogP contribution in [0.25, 0.3) is 22.0 Å². The van der Waals surface area contributed by atoms with Crippen molar-refractivity contribution in [1.82, 2.24) is 15.0 Å². The highest BCUT2D eigenvalue weighted by molar-refractivity contribution is 5.86. The fraction of sp³-hybridized carbons (Fsp3) is 0.133. The average Bonchev–Trinajstić information content (AvgIpc) is 2.39. The van der Waals surface area contributed by atoms with E-state index in [1.165, 1.54) is 5.39 Å². The molecule has 0 amide bonds. The van der Waals surface area contributed by atoms with Crippen molar-refractivity contribution in [3.63, 3.8) is 0 Å². The van der Waals surface area contributed by atoms with E-state index in [-0.39, 0.29) is 0 Å². The minimum atomic E-state index is 0.892. The number of rotatable bonds is 1. The molecule has 2 aromatic heterocycles. The van der Waals surface area contributed by atoms with Gasteiger partial charge in [0.1, 0.15) is 0 Å². The highest BCUT2D eigenvalue weighted by Crippen LogP contribution is 2.22. The minimum absolute atomic E-state index is 0.892. The number of nitrogens with zero attached hydrogens (tertiary/aromatic N) is 3. The predicted molar refractivity (Wildman–Crippen MR) is 72.2 cm³/mol. The number of fused-ring (bicyclic) bond motifs is 1. The van der Waals surface area contributed by atoms with Crippen LogP contribution in [0.2, 0.25) is 0 Å². The lowest BCUT2D eigenvalue weighted by Crippen LogP contribution is -1.88. The molecule has 3 rings (SSSR count). The summed E-state index contributed by atoms with van der Waals surface area (Å²) in [4.78, 5) is 13.0. The first-order valence-corrected chi connectivity index (χ1v) is 5.88. The first-order valence-electron chi connectivity index (χ1n) is 5.88. The molecule has 0 saturated carbocycles. The number of hydrogen-bond donors (Lipinski definition) is 0. The third-order valence-electron chi connectivity index (χ3n) is 2.94. The third-order valence-corrected chi connectivity index (χ3v) is 2.94. The number of hydrogen-bond acceptors (Lipinski definition) is 3. The summed E-state index contributed by atoms with van der Waals surface area (Å²) in [6.45, 7) is 3.93. The molecule has 2 heterocycles. The standard InChI is InChI=1S/C15H13N3/c1-10-5-12-3-4-13(6-14(12)8-16-10)15-9-17-11(2)7-18-15/h3-9H,1-2H3. The Morgan fingerprint density at radius 3 is 2.33 bits per heavy atom. The molecule has 0 aliphatic heterocycles. The van der Waals surface area contributed by atoms with E-state index >= 15 is 0 Å². The summed E-state index contributed by atoms with van der Waals surface area (Å²) in [6.07, 6.45) is 5.49. The molecule has 0 saturated heterocycles. The fourth-order valence-electron chi connectivity index (χ4n) is 1.95. The molecular formula is C15H13N3. The van der Waals surface area contributed by atoms with E-state index in [1.807, 2.05) is 20.0 Å². The van der Waals surface area contributed by atoms with Gasteiger partial charge >= 0.3 is 0 Å². The van der Waals surface area contributed by atoms with Crippen LogP contribution in [0.5, 0.6) is 0 Å². The van der Waals surface area contributed by atoms with E-state index in [0.29, 0.717) is 0 Å². The fourth-order valence-corrected chi connectivity index (χ4v) is 1.95. The topological polar surface area (TPSA) is 38.7 Å². The van der Waals surface area contributed by atoms with Gasteiger partial charge in [-0.1, -0.05) is 12.1 Å². The molecule has 0 radical (unpaired) electrons. The maximum absolute atomic E-state index is 4.39. The zero-order valence-corrected chi connectivity index (χ0v) is 10.4. The van der Waals surface area contributed by atoms with Gasteiger partial charge in [0.05, 0.1) is 17.6 Å². The van der Waals surface area contributed by atoms with Crippen LogP contribution >= 0.6 is 0 Å². The van der Waals surface area contributed by atoms with Crippen molar-refractivity contribution >= 4 is 10.8 Å². The van der Waals surface area contributed by atoms with E-state index in [9.17, 15) is 0 Å². The third kappa shape index (κ3) is 1.95. The second-order valence-corrected chi connectivity index (χ2v) is 4.43. The molecule has 0 unspecified atom stereocenters. The first-order chi connectivity index (χ1) is 8.72. The Labute approximate surface area is 106 Å². The summed E-state index contributed by atoms with van der Waals surface area (Å²) in [5.74, 6) is 0. The Bertz CT molecular complexity index is 703. The SMILES string of the molecule is Cc1cnc(-c2ccc3cc(C)ncc3c2)cn1. The second kappa shape index (κ2) is 4.18. The van der Waals surface area contributed by atoms with E-state index in [0.717, 1.165) is 28.0 Å². The van der Waals surface area contributed by atoms with Crippen LogP contribution < -0.4 is 0 Å². The van der Waals surface area contributed by atoms with Gasteiger partial charge in [-0.25, -0.2) is 0 Å². The maximum atomic E-state index is 4.39. The highest BCUT2D eigenvalue weighted by Gasteiger charge is 2.02. The molecule has 0 aliphatic carbocycles. The number of aryl methyl sites for hydroxylation is 2. The Balaban J connectivity index is 2.13. The summed E-state index contributed by atoms with van der Waals surface area (Å²) in [6, 6.07) is 8.35. The minimum Gasteiger partial charge on any atom is -0.261 e. The van der Waals surface area contributed by atoms with Crippen molar-refractivity contribution in [2.45, 2.75) is 13.8 Å². The van der Waals surface area contributed by atoms with Gasteiger partial charge in [0.2, 0.25) is 0 Å². The van der Waals surface area contributed by atoms with Crippen LogP contribution in [-0.4, -0.2) is 15.0 Å². The molecule has 0 N–H and O–H groups in total. The zero-order chi connectivity index (χ0) is 12.5. The smallest absolute Gasteiger partial charge is 0.0885 e. The molecule has 0 fully saturated rings. The lowest BCUT2D eigenvalue weighted by molar-refractivity contribution is 1.12. The van der Waals surface area contributed by atoms with Crippen molar-refractivity contribution in [2.24, 2.45) is 0 Å². The van der Waals surface area contributed by atoms with Gasteiger partial charge in [-0.2, -0.15) is 0 Å². The van der Waals surface area contributed by atoms with Gasteiger partial charge in [0.15, 0.2) is 0 Å². The van der Waals surface area contributed by atoms with Crippen LogP contribution in [-0.2, 0) is 0 Å². The van der Waals surface area contributed by atoms with E-state index < -0.39 is 0 Å². The maximum Gasteiger partial charge on any atom is 0.0885 e. The molecule has 3 heteroatoms. The molecule has 18 heavy (non-hydrogen) atoms. The van der Waals surface area contributed by atoms with Crippen LogP contribution in [0, 0.1) is 13.8 Å². The number of pyridine rings is 1. The summed E-state index contributed by atoms with van der Waals surface area (Å²) >= 11 is 0. The Kier molecular flexibility index (Phi) is 2.52. The van der Waals surface area contributed by atoms with Gasteiger partial charge in [0.25, 0.3) is 0 Å². The van der Waals surface area contributed by atoms with Crippen LogP contribution in [0.1, 0.15) is 11.4 Å². The zero-order valence-electron chi connectivity index (χ0n) is 10.4. The van der Waals surface area contributed by atoms with Crippen LogP contribution in [0.15, 0.2) is 42.9 Å². The number of aromatic nitrogens is 3. The van der Waals surface area contributed by atoms with Crippen LogP contribution in [0.4, 0.5) is 0 Å². The Hall–Kier alpha value is -2.29. The second-order valence-electron chi connectivity index (χ2n) is 4.43. The summed E-state index contributed by atoms with van der Waals surface area (Å²) in [7, 11) is 0. The van der Waals surface area contributed by atoms with Gasteiger partial charge < -0.3 is 0 Å². The van der Waals surface area contributed by atoms with Gasteiger partial charge in [-0.3, -0.25) is 15.0 Å². The van der Waals surface area contributed by atoms with E-state index in [4.69, 9.17) is 0 Å².